The van der Waals surface area contributed by atoms with E-state index in [9.17, 15) is 5.11 Å². The van der Waals surface area contributed by atoms with Crippen LogP contribution in [0.5, 0.6) is 5.88 Å². The molecular formula is C14H11Cl2N3OS. The Morgan fingerprint density at radius 2 is 1.95 bits per heavy atom. The van der Waals surface area contributed by atoms with Crippen molar-refractivity contribution in [3.05, 3.63) is 40.0 Å². The maximum absolute atomic E-state index is 10.3. The van der Waals surface area contributed by atoms with Gasteiger partial charge in [-0.15, -0.1) is 11.8 Å². The Hall–Kier alpha value is -1.43. The van der Waals surface area contributed by atoms with E-state index in [4.69, 9.17) is 23.2 Å². The highest BCUT2D eigenvalue weighted by molar-refractivity contribution is 7.98. The van der Waals surface area contributed by atoms with E-state index in [2.05, 4.69) is 10.1 Å². The molecule has 7 heteroatoms. The summed E-state index contributed by atoms with van der Waals surface area (Å²) >= 11 is 13.4. The molecule has 1 N–H and O–H groups in total. The molecule has 2 aromatic heterocycles. The summed E-state index contributed by atoms with van der Waals surface area (Å²) in [7, 11) is 0. The Balaban J connectivity index is 2.21. The van der Waals surface area contributed by atoms with Crippen molar-refractivity contribution < 1.29 is 5.11 Å². The third-order valence-electron chi connectivity index (χ3n) is 3.12. The van der Waals surface area contributed by atoms with E-state index in [1.807, 2.05) is 19.2 Å². The van der Waals surface area contributed by atoms with E-state index in [0.29, 0.717) is 26.3 Å². The molecule has 0 unspecified atom stereocenters. The highest BCUT2D eigenvalue weighted by Gasteiger charge is 2.15. The van der Waals surface area contributed by atoms with E-state index in [1.54, 1.807) is 18.2 Å². The van der Waals surface area contributed by atoms with Gasteiger partial charge in [0.15, 0.2) is 5.65 Å². The lowest BCUT2D eigenvalue weighted by Gasteiger charge is -2.05. The van der Waals surface area contributed by atoms with Gasteiger partial charge in [-0.3, -0.25) is 0 Å². The molecule has 0 aliphatic heterocycles. The van der Waals surface area contributed by atoms with Crippen LogP contribution in [0.3, 0.4) is 0 Å². The van der Waals surface area contributed by atoms with Crippen molar-refractivity contribution >= 4 is 40.6 Å². The molecule has 0 radical (unpaired) electrons. The van der Waals surface area contributed by atoms with E-state index < -0.39 is 0 Å². The summed E-state index contributed by atoms with van der Waals surface area (Å²) in [5.74, 6) is 0.0938. The van der Waals surface area contributed by atoms with Gasteiger partial charge in [0.25, 0.3) is 0 Å². The van der Waals surface area contributed by atoms with Crippen LogP contribution in [0.1, 0.15) is 5.69 Å². The van der Waals surface area contributed by atoms with Gasteiger partial charge in [0.05, 0.1) is 26.3 Å². The van der Waals surface area contributed by atoms with Gasteiger partial charge in [-0.1, -0.05) is 29.3 Å². The van der Waals surface area contributed by atoms with Crippen molar-refractivity contribution in [2.75, 3.05) is 6.26 Å². The highest BCUT2D eigenvalue weighted by atomic mass is 35.5. The summed E-state index contributed by atoms with van der Waals surface area (Å²) < 4.78 is 1.43. The number of thioether (sulfide) groups is 1. The average Bonchev–Trinajstić information content (AvgIpc) is 2.86. The topological polar surface area (TPSA) is 50.4 Å². The molecule has 108 valence electrons. The lowest BCUT2D eigenvalue weighted by molar-refractivity contribution is 0.420. The molecule has 0 aliphatic carbocycles. The summed E-state index contributed by atoms with van der Waals surface area (Å²) in [6, 6.07) is 7.09. The Kier molecular flexibility index (Phi) is 3.73. The maximum atomic E-state index is 10.3. The van der Waals surface area contributed by atoms with Gasteiger partial charge in [-0.2, -0.15) is 9.61 Å². The minimum atomic E-state index is 0.0938. The number of aromatic hydroxyl groups is 1. The Labute approximate surface area is 135 Å². The molecule has 0 saturated carbocycles. The van der Waals surface area contributed by atoms with Crippen LogP contribution in [0.2, 0.25) is 10.0 Å². The van der Waals surface area contributed by atoms with Gasteiger partial charge in [0.1, 0.15) is 0 Å². The predicted molar refractivity (Wildman–Crippen MR) is 86.6 cm³/mol. The fourth-order valence-electron chi connectivity index (χ4n) is 2.12. The van der Waals surface area contributed by atoms with Crippen LogP contribution < -0.4 is 0 Å². The normalized spacial score (nSPS) is 11.2. The van der Waals surface area contributed by atoms with Crippen LogP contribution in [-0.4, -0.2) is 26.0 Å². The van der Waals surface area contributed by atoms with Crippen molar-refractivity contribution in [3.63, 3.8) is 0 Å². The second-order valence-corrected chi connectivity index (χ2v) is 6.11. The van der Waals surface area contributed by atoms with Crippen molar-refractivity contribution in [3.8, 4) is 17.1 Å². The standard InChI is InChI=1S/C14H11Cl2N3OS/c1-7-13(21-2)14(20)19-12(17-7)6-11(18-19)8-3-4-9(15)10(16)5-8/h3-6,20H,1-2H3. The van der Waals surface area contributed by atoms with Crippen LogP contribution in [0.15, 0.2) is 29.2 Å². The molecule has 1 aromatic carbocycles. The number of hydrogen-bond acceptors (Lipinski definition) is 4. The smallest absolute Gasteiger partial charge is 0.229 e. The largest absolute Gasteiger partial charge is 0.492 e. The molecule has 0 aliphatic rings. The first-order valence-electron chi connectivity index (χ1n) is 6.10. The summed E-state index contributed by atoms with van der Waals surface area (Å²) in [6.07, 6.45) is 1.89. The number of aromatic nitrogens is 3. The molecular weight excluding hydrogens is 329 g/mol. The molecule has 0 saturated heterocycles. The molecule has 0 atom stereocenters. The second-order valence-electron chi connectivity index (χ2n) is 4.48. The van der Waals surface area contributed by atoms with Crippen molar-refractivity contribution in [2.45, 2.75) is 11.8 Å². The molecule has 4 nitrogen and oxygen atoms in total. The van der Waals surface area contributed by atoms with Crippen molar-refractivity contribution in [1.29, 1.82) is 0 Å². The number of hydrogen-bond donors (Lipinski definition) is 1. The first-order chi connectivity index (χ1) is 10.0. The Bertz CT molecular complexity index is 848. The number of benzene rings is 1. The number of aryl methyl sites for hydroxylation is 1. The van der Waals surface area contributed by atoms with Gasteiger partial charge in [-0.05, 0) is 25.3 Å². The zero-order valence-electron chi connectivity index (χ0n) is 11.3. The third-order valence-corrected chi connectivity index (χ3v) is 4.75. The lowest BCUT2D eigenvalue weighted by atomic mass is 10.1. The number of fused-ring (bicyclic) bond motifs is 1. The van der Waals surface area contributed by atoms with Crippen LogP contribution in [0.25, 0.3) is 16.9 Å². The van der Waals surface area contributed by atoms with Crippen molar-refractivity contribution in [1.82, 2.24) is 14.6 Å². The summed E-state index contributed by atoms with van der Waals surface area (Å²) in [4.78, 5) is 5.17. The minimum absolute atomic E-state index is 0.0938. The molecule has 2 heterocycles. The molecule has 0 bridgehead atoms. The van der Waals surface area contributed by atoms with Crippen LogP contribution >= 0.6 is 35.0 Å². The fraction of sp³-hybridized carbons (Fsp3) is 0.143. The summed E-state index contributed by atoms with van der Waals surface area (Å²) in [6.45, 7) is 1.86. The zero-order chi connectivity index (χ0) is 15.1. The van der Waals surface area contributed by atoms with E-state index >= 15 is 0 Å². The summed E-state index contributed by atoms with van der Waals surface area (Å²) in [5.41, 5.74) is 2.85. The first-order valence-corrected chi connectivity index (χ1v) is 8.08. The maximum Gasteiger partial charge on any atom is 0.229 e. The SMILES string of the molecule is CSc1c(C)nc2cc(-c3ccc(Cl)c(Cl)c3)nn2c1O. The number of rotatable bonds is 2. The zero-order valence-corrected chi connectivity index (χ0v) is 13.6. The van der Waals surface area contributed by atoms with Gasteiger partial charge < -0.3 is 5.11 Å². The number of halogens is 2. The van der Waals surface area contributed by atoms with Crippen molar-refractivity contribution in [2.24, 2.45) is 0 Å². The summed E-state index contributed by atoms with van der Waals surface area (Å²) in [5, 5.41) is 15.6. The second kappa shape index (κ2) is 5.40. The highest BCUT2D eigenvalue weighted by Crippen LogP contribution is 2.32. The van der Waals surface area contributed by atoms with E-state index in [-0.39, 0.29) is 5.88 Å². The molecule has 3 aromatic rings. The average molecular weight is 340 g/mol. The first kappa shape index (κ1) is 14.5. The van der Waals surface area contributed by atoms with Crippen LogP contribution in [0, 0.1) is 6.92 Å². The third kappa shape index (κ3) is 2.46. The Morgan fingerprint density at radius 3 is 2.62 bits per heavy atom. The predicted octanol–water partition coefficient (Wildman–Crippen LogP) is 4.44. The monoisotopic (exact) mass is 339 g/mol. The lowest BCUT2D eigenvalue weighted by Crippen LogP contribution is -1.96. The molecule has 21 heavy (non-hydrogen) atoms. The fourth-order valence-corrected chi connectivity index (χ4v) is 3.03. The van der Waals surface area contributed by atoms with Crippen LogP contribution in [-0.2, 0) is 0 Å². The Morgan fingerprint density at radius 1 is 1.19 bits per heavy atom. The van der Waals surface area contributed by atoms with Crippen LogP contribution in [0.4, 0.5) is 0 Å². The van der Waals surface area contributed by atoms with Gasteiger partial charge >= 0.3 is 0 Å². The molecule has 0 spiro atoms. The van der Waals surface area contributed by atoms with Gasteiger partial charge in [0, 0.05) is 11.6 Å². The quantitative estimate of drug-likeness (QED) is 0.701. The van der Waals surface area contributed by atoms with Gasteiger partial charge in [0.2, 0.25) is 5.88 Å². The minimum Gasteiger partial charge on any atom is -0.492 e. The molecule has 0 fully saturated rings. The van der Waals surface area contributed by atoms with Gasteiger partial charge in [-0.25, -0.2) is 4.98 Å². The molecule has 0 amide bonds. The molecule has 3 rings (SSSR count). The van der Waals surface area contributed by atoms with E-state index in [1.165, 1.54) is 16.3 Å². The number of nitrogens with zero attached hydrogens (tertiary/aromatic N) is 3. The van der Waals surface area contributed by atoms with E-state index in [0.717, 1.165) is 11.3 Å².